The summed E-state index contributed by atoms with van der Waals surface area (Å²) in [5.74, 6) is -1.33. The van der Waals surface area contributed by atoms with Gasteiger partial charge in [-0.25, -0.2) is 0 Å². The zero-order valence-corrected chi connectivity index (χ0v) is 12.8. The van der Waals surface area contributed by atoms with Crippen molar-refractivity contribution in [1.82, 2.24) is 4.90 Å². The number of benzene rings is 2. The lowest BCUT2D eigenvalue weighted by Gasteiger charge is -2.18. The molecule has 0 saturated carbocycles. The van der Waals surface area contributed by atoms with Crippen LogP contribution in [0.25, 0.3) is 0 Å². The number of hydrogen-bond donors (Lipinski definition) is 1. The van der Waals surface area contributed by atoms with Gasteiger partial charge in [-0.3, -0.25) is 9.59 Å². The number of likely N-dealkylation sites (tertiary alicyclic amines) is 1. The van der Waals surface area contributed by atoms with E-state index in [1.807, 2.05) is 54.6 Å². The summed E-state index contributed by atoms with van der Waals surface area (Å²) < 4.78 is 0. The molecule has 0 radical (unpaired) electrons. The van der Waals surface area contributed by atoms with Gasteiger partial charge < -0.3 is 10.0 Å². The van der Waals surface area contributed by atoms with Crippen molar-refractivity contribution in [3.8, 4) is 0 Å². The zero-order chi connectivity index (χ0) is 16.2. The van der Waals surface area contributed by atoms with Crippen LogP contribution in [0.2, 0.25) is 0 Å². The van der Waals surface area contributed by atoms with Gasteiger partial charge in [-0.15, -0.1) is 0 Å². The maximum atomic E-state index is 12.8. The summed E-state index contributed by atoms with van der Waals surface area (Å²) in [6.07, 6.45) is 1.22. The summed E-state index contributed by atoms with van der Waals surface area (Å²) in [5.41, 5.74) is 2.79. The Morgan fingerprint density at radius 3 is 2.43 bits per heavy atom. The van der Waals surface area contributed by atoms with E-state index in [0.29, 0.717) is 31.5 Å². The van der Waals surface area contributed by atoms with E-state index in [-0.39, 0.29) is 5.91 Å². The van der Waals surface area contributed by atoms with Crippen LogP contribution in [0.4, 0.5) is 0 Å². The first kappa shape index (κ1) is 15.3. The Morgan fingerprint density at radius 1 is 1.04 bits per heavy atom. The number of carbonyl (C=O) groups is 2. The van der Waals surface area contributed by atoms with Crippen LogP contribution in [0.3, 0.4) is 0 Å². The van der Waals surface area contributed by atoms with Crippen LogP contribution < -0.4 is 0 Å². The second kappa shape index (κ2) is 6.65. The molecule has 1 N–H and O–H groups in total. The van der Waals surface area contributed by atoms with Gasteiger partial charge in [0.15, 0.2) is 0 Å². The van der Waals surface area contributed by atoms with Crippen LogP contribution in [-0.2, 0) is 11.2 Å². The van der Waals surface area contributed by atoms with E-state index in [2.05, 4.69) is 0 Å². The molecule has 0 bridgehead atoms. The maximum Gasteiger partial charge on any atom is 0.308 e. The van der Waals surface area contributed by atoms with Crippen LogP contribution in [0.1, 0.15) is 27.9 Å². The largest absolute Gasteiger partial charge is 0.481 e. The third-order valence-corrected chi connectivity index (χ3v) is 4.31. The normalized spacial score (nSPS) is 17.2. The first-order chi connectivity index (χ1) is 11.1. The van der Waals surface area contributed by atoms with E-state index in [9.17, 15) is 9.59 Å². The van der Waals surface area contributed by atoms with Gasteiger partial charge in [0.05, 0.1) is 5.92 Å². The van der Waals surface area contributed by atoms with Crippen molar-refractivity contribution in [2.24, 2.45) is 5.92 Å². The molecule has 1 atom stereocenters. The summed E-state index contributed by atoms with van der Waals surface area (Å²) in [6.45, 7) is 0.809. The van der Waals surface area contributed by atoms with Gasteiger partial charge in [0, 0.05) is 18.7 Å². The van der Waals surface area contributed by atoms with Gasteiger partial charge in [0.1, 0.15) is 0 Å². The Bertz CT molecular complexity index is 712. The molecule has 1 aliphatic rings. The highest BCUT2D eigenvalue weighted by molar-refractivity contribution is 5.96. The highest BCUT2D eigenvalue weighted by atomic mass is 16.4. The maximum absolute atomic E-state index is 12.8. The monoisotopic (exact) mass is 309 g/mol. The Hall–Kier alpha value is -2.62. The van der Waals surface area contributed by atoms with E-state index in [4.69, 9.17) is 5.11 Å². The number of carboxylic acid groups (broad SMARTS) is 1. The highest BCUT2D eigenvalue weighted by Gasteiger charge is 2.31. The van der Waals surface area contributed by atoms with Crippen molar-refractivity contribution in [1.29, 1.82) is 0 Å². The Labute approximate surface area is 135 Å². The molecule has 4 nitrogen and oxygen atoms in total. The smallest absolute Gasteiger partial charge is 0.308 e. The van der Waals surface area contributed by atoms with Crippen LogP contribution >= 0.6 is 0 Å². The first-order valence-electron chi connectivity index (χ1n) is 7.79. The third-order valence-electron chi connectivity index (χ3n) is 4.31. The molecule has 4 heteroatoms. The fourth-order valence-corrected chi connectivity index (χ4v) is 3.02. The van der Waals surface area contributed by atoms with Crippen molar-refractivity contribution < 1.29 is 14.7 Å². The van der Waals surface area contributed by atoms with Crippen molar-refractivity contribution >= 4 is 11.9 Å². The molecular formula is C19H19NO3. The van der Waals surface area contributed by atoms with E-state index >= 15 is 0 Å². The molecule has 3 rings (SSSR count). The predicted octanol–water partition coefficient (Wildman–Crippen LogP) is 2.82. The molecule has 0 unspecified atom stereocenters. The first-order valence-corrected chi connectivity index (χ1v) is 7.79. The van der Waals surface area contributed by atoms with Gasteiger partial charge in [0.2, 0.25) is 0 Å². The Morgan fingerprint density at radius 2 is 1.74 bits per heavy atom. The minimum atomic E-state index is -0.821. The molecule has 1 heterocycles. The van der Waals surface area contributed by atoms with Crippen molar-refractivity contribution in [2.45, 2.75) is 12.8 Å². The summed E-state index contributed by atoms with van der Waals surface area (Å²) in [5, 5.41) is 9.09. The number of hydrogen-bond acceptors (Lipinski definition) is 2. The van der Waals surface area contributed by atoms with E-state index in [1.165, 1.54) is 0 Å². The molecule has 1 saturated heterocycles. The molecule has 0 aromatic heterocycles. The van der Waals surface area contributed by atoms with Crippen molar-refractivity contribution in [3.05, 3.63) is 71.3 Å². The van der Waals surface area contributed by atoms with Crippen LogP contribution in [0.5, 0.6) is 0 Å². The average Bonchev–Trinajstić information content (AvgIpc) is 3.06. The number of carbonyl (C=O) groups excluding carboxylic acids is 1. The molecule has 2 aromatic rings. The summed E-state index contributed by atoms with van der Waals surface area (Å²) in [6, 6.07) is 17.6. The molecule has 1 aliphatic heterocycles. The van der Waals surface area contributed by atoms with E-state index in [0.717, 1.165) is 11.1 Å². The fourth-order valence-electron chi connectivity index (χ4n) is 3.02. The summed E-state index contributed by atoms with van der Waals surface area (Å²) in [4.78, 5) is 25.5. The van der Waals surface area contributed by atoms with Gasteiger partial charge >= 0.3 is 5.97 Å². The van der Waals surface area contributed by atoms with Gasteiger partial charge in [-0.2, -0.15) is 0 Å². The molecule has 1 fully saturated rings. The minimum absolute atomic E-state index is 0.0692. The minimum Gasteiger partial charge on any atom is -0.481 e. The SMILES string of the molecule is O=C(O)[C@H]1CCN(C(=O)c2ccccc2Cc2ccccc2)C1. The molecule has 118 valence electrons. The second-order valence-electron chi connectivity index (χ2n) is 5.89. The highest BCUT2D eigenvalue weighted by Crippen LogP contribution is 2.22. The fraction of sp³-hybridized carbons (Fsp3) is 0.263. The number of amides is 1. The van der Waals surface area contributed by atoms with Crippen LogP contribution in [0, 0.1) is 5.92 Å². The molecule has 0 aliphatic carbocycles. The van der Waals surface area contributed by atoms with Gasteiger partial charge in [-0.05, 0) is 30.0 Å². The average molecular weight is 309 g/mol. The molecule has 23 heavy (non-hydrogen) atoms. The lowest BCUT2D eigenvalue weighted by atomic mass is 9.99. The Kier molecular flexibility index (Phi) is 4.42. The number of aliphatic carboxylic acids is 1. The molecule has 0 spiro atoms. The lowest BCUT2D eigenvalue weighted by Crippen LogP contribution is -2.30. The molecule has 1 amide bonds. The number of nitrogens with zero attached hydrogens (tertiary/aromatic N) is 1. The standard InChI is InChI=1S/C19H19NO3/c21-18(20-11-10-16(13-20)19(22)23)17-9-5-4-8-15(17)12-14-6-2-1-3-7-14/h1-9,16H,10-13H2,(H,22,23)/t16-/m0/s1. The molecule has 2 aromatic carbocycles. The van der Waals surface area contributed by atoms with Crippen LogP contribution in [-0.4, -0.2) is 35.0 Å². The van der Waals surface area contributed by atoms with Crippen LogP contribution in [0.15, 0.2) is 54.6 Å². The number of carboxylic acids is 1. The third kappa shape index (κ3) is 3.42. The number of rotatable bonds is 4. The van der Waals surface area contributed by atoms with Crippen molar-refractivity contribution in [2.75, 3.05) is 13.1 Å². The zero-order valence-electron chi connectivity index (χ0n) is 12.8. The van der Waals surface area contributed by atoms with Gasteiger partial charge in [0.25, 0.3) is 5.91 Å². The topological polar surface area (TPSA) is 57.6 Å². The van der Waals surface area contributed by atoms with E-state index in [1.54, 1.807) is 4.90 Å². The summed E-state index contributed by atoms with van der Waals surface area (Å²) in [7, 11) is 0. The predicted molar refractivity (Wildman–Crippen MR) is 87.3 cm³/mol. The van der Waals surface area contributed by atoms with E-state index < -0.39 is 11.9 Å². The second-order valence-corrected chi connectivity index (χ2v) is 5.89. The lowest BCUT2D eigenvalue weighted by molar-refractivity contribution is -0.141. The Balaban J connectivity index is 1.80. The molecular weight excluding hydrogens is 290 g/mol. The quantitative estimate of drug-likeness (QED) is 0.945. The van der Waals surface area contributed by atoms with Gasteiger partial charge in [-0.1, -0.05) is 48.5 Å². The van der Waals surface area contributed by atoms with Crippen molar-refractivity contribution in [3.63, 3.8) is 0 Å². The summed E-state index contributed by atoms with van der Waals surface area (Å²) >= 11 is 0.